The van der Waals surface area contributed by atoms with Gasteiger partial charge in [-0.25, -0.2) is 14.8 Å². The Morgan fingerprint density at radius 1 is 1.22 bits per heavy atom. The summed E-state index contributed by atoms with van der Waals surface area (Å²) in [5, 5.41) is 2.88. The maximum atomic E-state index is 12.8. The van der Waals surface area contributed by atoms with E-state index in [1.165, 1.54) is 0 Å². The molecule has 2 aromatic rings. The van der Waals surface area contributed by atoms with E-state index in [1.54, 1.807) is 46.5 Å². The first kappa shape index (κ1) is 18.9. The number of rotatable bonds is 3. The Morgan fingerprint density at radius 3 is 2.59 bits per heavy atom. The van der Waals surface area contributed by atoms with Crippen molar-refractivity contribution >= 4 is 12.0 Å². The zero-order valence-corrected chi connectivity index (χ0v) is 15.9. The topological polar surface area (TPSA) is 89.4 Å². The van der Waals surface area contributed by atoms with Crippen LogP contribution in [-0.2, 0) is 4.74 Å². The predicted octanol–water partition coefficient (Wildman–Crippen LogP) is 2.40. The van der Waals surface area contributed by atoms with Gasteiger partial charge in [-0.3, -0.25) is 9.36 Å². The van der Waals surface area contributed by atoms with Gasteiger partial charge in [-0.1, -0.05) is 0 Å². The van der Waals surface area contributed by atoms with E-state index in [0.29, 0.717) is 37.3 Å². The molecule has 0 aliphatic carbocycles. The van der Waals surface area contributed by atoms with Crippen LogP contribution in [0.3, 0.4) is 0 Å². The van der Waals surface area contributed by atoms with Gasteiger partial charge in [0.05, 0.1) is 0 Å². The third-order valence-corrected chi connectivity index (χ3v) is 4.26. The van der Waals surface area contributed by atoms with E-state index in [0.717, 1.165) is 0 Å². The summed E-state index contributed by atoms with van der Waals surface area (Å²) >= 11 is 0. The number of carbonyl (C=O) groups excluding carboxylic acids is 2. The molecule has 0 unspecified atom stereocenters. The van der Waals surface area contributed by atoms with E-state index >= 15 is 0 Å². The molecule has 1 aliphatic heterocycles. The molecule has 0 atom stereocenters. The van der Waals surface area contributed by atoms with E-state index in [2.05, 4.69) is 15.3 Å². The molecule has 2 amide bonds. The largest absolute Gasteiger partial charge is 0.444 e. The number of aromatic nitrogens is 3. The number of hydrogen-bond donors (Lipinski definition) is 1. The zero-order chi connectivity index (χ0) is 19.4. The smallest absolute Gasteiger partial charge is 0.407 e. The van der Waals surface area contributed by atoms with Crippen LogP contribution in [0.15, 0.2) is 37.1 Å². The summed E-state index contributed by atoms with van der Waals surface area (Å²) in [5.74, 6) is 0.620. The lowest BCUT2D eigenvalue weighted by atomic mass is 10.0. The Morgan fingerprint density at radius 2 is 1.96 bits per heavy atom. The Bertz CT molecular complexity index is 790. The van der Waals surface area contributed by atoms with Crippen molar-refractivity contribution in [2.75, 3.05) is 13.1 Å². The van der Waals surface area contributed by atoms with Gasteiger partial charge in [-0.2, -0.15) is 0 Å². The van der Waals surface area contributed by atoms with Gasteiger partial charge >= 0.3 is 6.09 Å². The first-order valence-corrected chi connectivity index (χ1v) is 9.05. The second-order valence-electron chi connectivity index (χ2n) is 7.59. The Balaban J connectivity index is 1.56. The monoisotopic (exact) mass is 371 g/mol. The Hall–Kier alpha value is -2.90. The van der Waals surface area contributed by atoms with Crippen molar-refractivity contribution in [1.29, 1.82) is 0 Å². The molecule has 0 radical (unpaired) electrons. The number of nitrogens with one attached hydrogen (secondary N) is 1. The number of piperidine rings is 1. The van der Waals surface area contributed by atoms with E-state index in [1.807, 2.05) is 20.8 Å². The van der Waals surface area contributed by atoms with Crippen LogP contribution in [0.25, 0.3) is 5.82 Å². The fraction of sp³-hybridized carbons (Fsp3) is 0.474. The lowest BCUT2D eigenvalue weighted by Crippen LogP contribution is -2.47. The van der Waals surface area contributed by atoms with Crippen molar-refractivity contribution in [2.45, 2.75) is 45.3 Å². The average Bonchev–Trinajstić information content (AvgIpc) is 3.15. The molecule has 1 saturated heterocycles. The minimum atomic E-state index is -0.519. The highest BCUT2D eigenvalue weighted by Gasteiger charge is 2.26. The molecule has 3 heterocycles. The second kappa shape index (κ2) is 7.77. The minimum absolute atomic E-state index is 0.0165. The van der Waals surface area contributed by atoms with Crippen LogP contribution < -0.4 is 5.32 Å². The van der Waals surface area contributed by atoms with Gasteiger partial charge in [-0.05, 0) is 45.7 Å². The number of likely N-dealkylation sites (tertiary alicyclic amines) is 1. The molecule has 144 valence electrons. The third-order valence-electron chi connectivity index (χ3n) is 4.26. The molecule has 0 bridgehead atoms. The first-order chi connectivity index (χ1) is 12.8. The van der Waals surface area contributed by atoms with Gasteiger partial charge in [0.25, 0.3) is 5.91 Å². The lowest BCUT2D eigenvalue weighted by Gasteiger charge is -2.33. The number of hydrogen-bond acceptors (Lipinski definition) is 5. The van der Waals surface area contributed by atoms with Gasteiger partial charge in [-0.15, -0.1) is 0 Å². The standard InChI is InChI=1S/C19H25N5O3/c1-19(2,3)27-18(26)22-15-5-9-23(10-6-15)17(25)14-4-7-21-16(12-14)24-11-8-20-13-24/h4,7-8,11-13,15H,5-6,9-10H2,1-3H3,(H,22,26). The van der Waals surface area contributed by atoms with Gasteiger partial charge in [0.15, 0.2) is 0 Å². The number of carbonyl (C=O) groups is 2. The normalized spacial score (nSPS) is 15.4. The van der Waals surface area contributed by atoms with Gasteiger partial charge in [0.1, 0.15) is 17.7 Å². The molecule has 1 N–H and O–H groups in total. The molecule has 1 aliphatic rings. The van der Waals surface area contributed by atoms with Crippen molar-refractivity contribution in [3.8, 4) is 5.82 Å². The summed E-state index contributed by atoms with van der Waals surface area (Å²) in [6.07, 6.45) is 7.70. The zero-order valence-electron chi connectivity index (χ0n) is 15.9. The Kier molecular flexibility index (Phi) is 5.43. The molecule has 2 aromatic heterocycles. The third kappa shape index (κ3) is 5.06. The SMILES string of the molecule is CC(C)(C)OC(=O)NC1CCN(C(=O)c2ccnc(-n3ccnc3)c2)CC1. The number of imidazole rings is 1. The predicted molar refractivity (Wildman–Crippen MR) is 99.7 cm³/mol. The number of pyridine rings is 1. The van der Waals surface area contributed by atoms with Crippen molar-refractivity contribution in [3.05, 3.63) is 42.6 Å². The molecule has 0 spiro atoms. The van der Waals surface area contributed by atoms with Gasteiger partial charge in [0, 0.05) is 43.3 Å². The van der Waals surface area contributed by atoms with E-state index in [4.69, 9.17) is 4.74 Å². The summed E-state index contributed by atoms with van der Waals surface area (Å²) in [6, 6.07) is 3.49. The summed E-state index contributed by atoms with van der Waals surface area (Å²) in [5.41, 5.74) is 0.0712. The van der Waals surface area contributed by atoms with E-state index < -0.39 is 11.7 Å². The first-order valence-electron chi connectivity index (χ1n) is 9.05. The highest BCUT2D eigenvalue weighted by atomic mass is 16.6. The van der Waals surface area contributed by atoms with Crippen LogP contribution in [0.1, 0.15) is 44.0 Å². The lowest BCUT2D eigenvalue weighted by molar-refractivity contribution is 0.0473. The fourth-order valence-corrected chi connectivity index (χ4v) is 2.97. The fourth-order valence-electron chi connectivity index (χ4n) is 2.97. The quantitative estimate of drug-likeness (QED) is 0.895. The summed E-state index contributed by atoms with van der Waals surface area (Å²) < 4.78 is 7.05. The van der Waals surface area contributed by atoms with Gasteiger partial charge < -0.3 is 15.0 Å². The minimum Gasteiger partial charge on any atom is -0.444 e. The maximum Gasteiger partial charge on any atom is 0.407 e. The van der Waals surface area contributed by atoms with Crippen LogP contribution in [-0.4, -0.2) is 56.2 Å². The van der Waals surface area contributed by atoms with Crippen LogP contribution in [0.5, 0.6) is 0 Å². The highest BCUT2D eigenvalue weighted by molar-refractivity contribution is 5.94. The van der Waals surface area contributed by atoms with E-state index in [-0.39, 0.29) is 11.9 Å². The van der Waals surface area contributed by atoms with Gasteiger partial charge in [0.2, 0.25) is 0 Å². The van der Waals surface area contributed by atoms with Crippen LogP contribution in [0.2, 0.25) is 0 Å². The van der Waals surface area contributed by atoms with Crippen molar-refractivity contribution < 1.29 is 14.3 Å². The van der Waals surface area contributed by atoms with E-state index in [9.17, 15) is 9.59 Å². The molecule has 1 fully saturated rings. The molecule has 8 heteroatoms. The summed E-state index contributed by atoms with van der Waals surface area (Å²) in [6.45, 7) is 6.67. The molecule has 0 aromatic carbocycles. The number of ether oxygens (including phenoxy) is 1. The second-order valence-corrected chi connectivity index (χ2v) is 7.59. The van der Waals surface area contributed by atoms with Crippen molar-refractivity contribution in [1.82, 2.24) is 24.8 Å². The average molecular weight is 371 g/mol. The molecular formula is C19H25N5O3. The maximum absolute atomic E-state index is 12.8. The van der Waals surface area contributed by atoms with Crippen LogP contribution >= 0.6 is 0 Å². The highest BCUT2D eigenvalue weighted by Crippen LogP contribution is 2.16. The molecular weight excluding hydrogens is 346 g/mol. The number of nitrogens with zero attached hydrogens (tertiary/aromatic N) is 4. The number of alkyl carbamates (subject to hydrolysis) is 1. The van der Waals surface area contributed by atoms with Crippen LogP contribution in [0.4, 0.5) is 4.79 Å². The molecule has 27 heavy (non-hydrogen) atoms. The summed E-state index contributed by atoms with van der Waals surface area (Å²) in [4.78, 5) is 34.8. The summed E-state index contributed by atoms with van der Waals surface area (Å²) in [7, 11) is 0. The molecule has 0 saturated carbocycles. The van der Waals surface area contributed by atoms with Crippen LogP contribution in [0, 0.1) is 0 Å². The molecule has 3 rings (SSSR count). The number of amides is 2. The van der Waals surface area contributed by atoms with Crippen molar-refractivity contribution in [2.24, 2.45) is 0 Å². The molecule has 8 nitrogen and oxygen atoms in total. The van der Waals surface area contributed by atoms with Crippen molar-refractivity contribution in [3.63, 3.8) is 0 Å². The Labute approximate surface area is 158 Å².